The molecule has 0 radical (unpaired) electrons. The molecular weight excluding hydrogens is 302 g/mol. The van der Waals surface area contributed by atoms with Crippen LogP contribution < -0.4 is 4.74 Å². The summed E-state index contributed by atoms with van der Waals surface area (Å²) in [5.41, 5.74) is 3.97. The third-order valence-electron chi connectivity index (χ3n) is 3.90. The van der Waals surface area contributed by atoms with Crippen molar-refractivity contribution in [3.63, 3.8) is 0 Å². The highest BCUT2D eigenvalue weighted by Gasteiger charge is 2.17. The Morgan fingerprint density at radius 2 is 1.62 bits per heavy atom. The molecule has 0 aliphatic carbocycles. The molecular formula is C19H15N3O2. The Labute approximate surface area is 138 Å². The first-order valence-electron chi connectivity index (χ1n) is 7.60. The number of hydrogen-bond acceptors (Lipinski definition) is 5. The van der Waals surface area contributed by atoms with Gasteiger partial charge < -0.3 is 9.26 Å². The van der Waals surface area contributed by atoms with Gasteiger partial charge in [-0.25, -0.2) is 4.98 Å². The minimum atomic E-state index is 0.493. The second-order valence-electron chi connectivity index (χ2n) is 5.44. The Morgan fingerprint density at radius 3 is 2.33 bits per heavy atom. The first-order valence-corrected chi connectivity index (χ1v) is 7.60. The van der Waals surface area contributed by atoms with Crippen LogP contribution in [0.4, 0.5) is 0 Å². The van der Waals surface area contributed by atoms with E-state index in [1.165, 1.54) is 0 Å². The SMILES string of the molecule is COc1ccc(-c2nc(-c3ccccc3)nc3onc(C)c23)cc1. The maximum absolute atomic E-state index is 5.39. The fraction of sp³-hybridized carbons (Fsp3) is 0.105. The first kappa shape index (κ1) is 14.4. The van der Waals surface area contributed by atoms with Gasteiger partial charge in [0.25, 0.3) is 5.71 Å². The number of rotatable bonds is 3. The maximum Gasteiger partial charge on any atom is 0.262 e. The molecule has 0 atom stereocenters. The van der Waals surface area contributed by atoms with Crippen molar-refractivity contribution >= 4 is 11.1 Å². The van der Waals surface area contributed by atoms with Crippen LogP contribution in [0.5, 0.6) is 5.75 Å². The van der Waals surface area contributed by atoms with Crippen molar-refractivity contribution in [2.75, 3.05) is 7.11 Å². The van der Waals surface area contributed by atoms with E-state index in [0.717, 1.165) is 33.7 Å². The fourth-order valence-electron chi connectivity index (χ4n) is 2.66. The Balaban J connectivity index is 1.96. The zero-order chi connectivity index (χ0) is 16.5. The molecule has 2 aromatic heterocycles. The molecule has 118 valence electrons. The number of nitrogens with zero attached hydrogens (tertiary/aromatic N) is 3. The quantitative estimate of drug-likeness (QED) is 0.565. The summed E-state index contributed by atoms with van der Waals surface area (Å²) in [4.78, 5) is 9.30. The molecule has 24 heavy (non-hydrogen) atoms. The lowest BCUT2D eigenvalue weighted by molar-refractivity contribution is 0.415. The Morgan fingerprint density at radius 1 is 0.875 bits per heavy atom. The van der Waals surface area contributed by atoms with Gasteiger partial charge in [-0.05, 0) is 31.2 Å². The van der Waals surface area contributed by atoms with E-state index in [9.17, 15) is 0 Å². The summed E-state index contributed by atoms with van der Waals surface area (Å²) in [7, 11) is 1.65. The summed E-state index contributed by atoms with van der Waals surface area (Å²) in [5, 5.41) is 4.88. The molecule has 2 aromatic carbocycles. The van der Waals surface area contributed by atoms with Gasteiger partial charge in [0.2, 0.25) is 0 Å². The van der Waals surface area contributed by atoms with E-state index >= 15 is 0 Å². The topological polar surface area (TPSA) is 61.0 Å². The third-order valence-corrected chi connectivity index (χ3v) is 3.90. The summed E-state index contributed by atoms with van der Waals surface area (Å²) in [6.07, 6.45) is 0. The van der Waals surface area contributed by atoms with Crippen molar-refractivity contribution in [2.45, 2.75) is 6.92 Å². The third kappa shape index (κ3) is 2.40. The van der Waals surface area contributed by atoms with E-state index < -0.39 is 0 Å². The Kier molecular flexibility index (Phi) is 3.46. The lowest BCUT2D eigenvalue weighted by Gasteiger charge is -2.07. The molecule has 4 rings (SSSR count). The minimum absolute atomic E-state index is 0.493. The summed E-state index contributed by atoms with van der Waals surface area (Å²) < 4.78 is 10.6. The van der Waals surface area contributed by atoms with Gasteiger partial charge in [-0.3, -0.25) is 0 Å². The molecule has 0 aliphatic rings. The van der Waals surface area contributed by atoms with Crippen LogP contribution >= 0.6 is 0 Å². The van der Waals surface area contributed by atoms with Crippen LogP contribution in [0.2, 0.25) is 0 Å². The van der Waals surface area contributed by atoms with E-state index in [4.69, 9.17) is 14.2 Å². The van der Waals surface area contributed by atoms with Crippen LogP contribution in [-0.2, 0) is 0 Å². The van der Waals surface area contributed by atoms with Crippen LogP contribution in [0.1, 0.15) is 5.69 Å². The van der Waals surface area contributed by atoms with Gasteiger partial charge in [0.1, 0.15) is 5.75 Å². The minimum Gasteiger partial charge on any atom is -0.497 e. The molecule has 0 N–H and O–H groups in total. The van der Waals surface area contributed by atoms with Crippen molar-refractivity contribution in [1.29, 1.82) is 0 Å². The van der Waals surface area contributed by atoms with Crippen LogP contribution in [0.3, 0.4) is 0 Å². The van der Waals surface area contributed by atoms with Crippen LogP contribution in [0.25, 0.3) is 33.7 Å². The maximum atomic E-state index is 5.39. The van der Waals surface area contributed by atoms with E-state index in [1.807, 2.05) is 61.5 Å². The van der Waals surface area contributed by atoms with Crippen molar-refractivity contribution < 1.29 is 9.26 Å². The zero-order valence-corrected chi connectivity index (χ0v) is 13.4. The molecule has 4 aromatic rings. The smallest absolute Gasteiger partial charge is 0.262 e. The second-order valence-corrected chi connectivity index (χ2v) is 5.44. The van der Waals surface area contributed by atoms with Crippen molar-refractivity contribution in [2.24, 2.45) is 0 Å². The first-order chi connectivity index (χ1) is 11.8. The van der Waals surface area contributed by atoms with Gasteiger partial charge in [0.15, 0.2) is 5.82 Å². The van der Waals surface area contributed by atoms with Gasteiger partial charge >= 0.3 is 0 Å². The molecule has 0 spiro atoms. The molecule has 0 saturated heterocycles. The number of methoxy groups -OCH3 is 1. The second kappa shape index (κ2) is 5.77. The lowest BCUT2D eigenvalue weighted by atomic mass is 10.1. The highest BCUT2D eigenvalue weighted by Crippen LogP contribution is 2.31. The standard InChI is InChI=1S/C19H15N3O2/c1-12-16-17(13-8-10-15(23-2)11-9-13)20-18(21-19(16)24-22-12)14-6-4-3-5-7-14/h3-11H,1-2H3. The molecule has 5 nitrogen and oxygen atoms in total. The molecule has 2 heterocycles. The highest BCUT2D eigenvalue weighted by atomic mass is 16.5. The predicted molar refractivity (Wildman–Crippen MR) is 91.8 cm³/mol. The molecule has 0 saturated carbocycles. The molecule has 0 unspecified atom stereocenters. The van der Waals surface area contributed by atoms with Crippen LogP contribution in [0.15, 0.2) is 59.1 Å². The van der Waals surface area contributed by atoms with Gasteiger partial charge in [0, 0.05) is 11.1 Å². The molecule has 0 bridgehead atoms. The number of aromatic nitrogens is 3. The molecule has 0 fully saturated rings. The van der Waals surface area contributed by atoms with Gasteiger partial charge in [-0.2, -0.15) is 4.98 Å². The summed E-state index contributed by atoms with van der Waals surface area (Å²) >= 11 is 0. The molecule has 5 heteroatoms. The summed E-state index contributed by atoms with van der Waals surface area (Å²) in [6, 6.07) is 17.6. The fourth-order valence-corrected chi connectivity index (χ4v) is 2.66. The molecule has 0 amide bonds. The Hall–Kier alpha value is -3.21. The number of fused-ring (bicyclic) bond motifs is 1. The molecule has 0 aliphatic heterocycles. The van der Waals surface area contributed by atoms with E-state index in [-0.39, 0.29) is 0 Å². The summed E-state index contributed by atoms with van der Waals surface area (Å²) in [5.74, 6) is 1.42. The largest absolute Gasteiger partial charge is 0.497 e. The van der Waals surface area contributed by atoms with Crippen LogP contribution in [0, 0.1) is 6.92 Å². The number of hydrogen-bond donors (Lipinski definition) is 0. The predicted octanol–water partition coefficient (Wildman–Crippen LogP) is 4.27. The van der Waals surface area contributed by atoms with E-state index in [2.05, 4.69) is 10.1 Å². The number of ether oxygens (including phenoxy) is 1. The van der Waals surface area contributed by atoms with Gasteiger partial charge in [-0.15, -0.1) is 0 Å². The van der Waals surface area contributed by atoms with E-state index in [0.29, 0.717) is 11.5 Å². The summed E-state index contributed by atoms with van der Waals surface area (Å²) in [6.45, 7) is 1.89. The van der Waals surface area contributed by atoms with Gasteiger partial charge in [-0.1, -0.05) is 35.5 Å². The number of aryl methyl sites for hydroxylation is 1. The Bertz CT molecular complexity index is 992. The number of benzene rings is 2. The highest BCUT2D eigenvalue weighted by molar-refractivity contribution is 5.92. The van der Waals surface area contributed by atoms with Crippen LogP contribution in [-0.4, -0.2) is 22.2 Å². The average Bonchev–Trinajstić information content (AvgIpc) is 3.03. The lowest BCUT2D eigenvalue weighted by Crippen LogP contribution is -1.94. The average molecular weight is 317 g/mol. The van der Waals surface area contributed by atoms with E-state index in [1.54, 1.807) is 7.11 Å². The van der Waals surface area contributed by atoms with Crippen molar-refractivity contribution in [3.8, 4) is 28.4 Å². The van der Waals surface area contributed by atoms with Crippen molar-refractivity contribution in [1.82, 2.24) is 15.1 Å². The van der Waals surface area contributed by atoms with Crippen molar-refractivity contribution in [3.05, 3.63) is 60.3 Å². The van der Waals surface area contributed by atoms with Gasteiger partial charge in [0.05, 0.1) is 23.9 Å². The zero-order valence-electron chi connectivity index (χ0n) is 13.4. The normalized spacial score (nSPS) is 10.9. The monoisotopic (exact) mass is 317 g/mol.